The number of carbonyl (C=O) groups is 1. The van der Waals surface area contributed by atoms with E-state index in [1.165, 1.54) is 4.90 Å². The first-order valence-electron chi connectivity index (χ1n) is 13.5. The van der Waals surface area contributed by atoms with Crippen LogP contribution in [0.4, 0.5) is 44.2 Å². The first-order valence-corrected chi connectivity index (χ1v) is 13.5. The number of halogens is 5. The van der Waals surface area contributed by atoms with Crippen molar-refractivity contribution in [3.05, 3.63) is 29.8 Å². The quantitative estimate of drug-likeness (QED) is 0.436. The zero-order valence-corrected chi connectivity index (χ0v) is 22.2. The van der Waals surface area contributed by atoms with Crippen LogP contribution < -0.4 is 15.5 Å². The number of alkyl halides is 5. The van der Waals surface area contributed by atoms with E-state index in [9.17, 15) is 26.7 Å². The fourth-order valence-corrected chi connectivity index (χ4v) is 5.54. The molecular weight excluding hydrogens is 535 g/mol. The van der Waals surface area contributed by atoms with Gasteiger partial charge in [-0.2, -0.15) is 18.2 Å². The number of aromatic nitrogens is 2. The first-order chi connectivity index (χ1) is 18.9. The van der Waals surface area contributed by atoms with Crippen molar-refractivity contribution in [2.75, 3.05) is 54.9 Å². The summed E-state index contributed by atoms with van der Waals surface area (Å²) in [5.41, 5.74) is 2.62. The van der Waals surface area contributed by atoms with Gasteiger partial charge in [0, 0.05) is 68.8 Å². The third-order valence-electron chi connectivity index (χ3n) is 7.64. The topological polar surface area (TPSA) is 82.6 Å². The smallest absolute Gasteiger partial charge is 0.378 e. The average Bonchev–Trinajstić information content (AvgIpc) is 3.49. The summed E-state index contributed by atoms with van der Waals surface area (Å²) in [6, 6.07) is 6.23. The van der Waals surface area contributed by atoms with E-state index in [1.54, 1.807) is 12.1 Å². The number of hydrogen-bond donors (Lipinski definition) is 2. The lowest BCUT2D eigenvalue weighted by Crippen LogP contribution is -2.37. The highest BCUT2D eigenvalue weighted by Crippen LogP contribution is 2.37. The van der Waals surface area contributed by atoms with E-state index in [0.29, 0.717) is 61.9 Å². The minimum absolute atomic E-state index is 0.0497. The molecule has 218 valence electrons. The number of urea groups is 1. The summed E-state index contributed by atoms with van der Waals surface area (Å²) in [6.45, 7) is 4.53. The summed E-state index contributed by atoms with van der Waals surface area (Å²) in [4.78, 5) is 25.6. The van der Waals surface area contributed by atoms with Gasteiger partial charge in [-0.15, -0.1) is 0 Å². The van der Waals surface area contributed by atoms with Gasteiger partial charge in [-0.1, -0.05) is 6.07 Å². The van der Waals surface area contributed by atoms with Gasteiger partial charge in [0.25, 0.3) is 0 Å². The molecule has 2 aliphatic heterocycles. The highest BCUT2D eigenvalue weighted by Gasteiger charge is 2.40. The maximum Gasteiger partial charge on any atom is 0.389 e. The zero-order chi connectivity index (χ0) is 28.5. The molecule has 1 unspecified atom stereocenters. The molecular formula is C27H33F5N6O2. The number of nitrogens with zero attached hydrogens (tertiary/aromatic N) is 4. The molecule has 1 aliphatic carbocycles. The van der Waals surface area contributed by atoms with Crippen molar-refractivity contribution in [2.24, 2.45) is 5.92 Å². The molecule has 5 rings (SSSR count). The Labute approximate surface area is 229 Å². The van der Waals surface area contributed by atoms with E-state index >= 15 is 0 Å². The average molecular weight is 569 g/mol. The van der Waals surface area contributed by atoms with Gasteiger partial charge >= 0.3 is 12.2 Å². The van der Waals surface area contributed by atoms with E-state index in [1.807, 2.05) is 19.1 Å². The predicted octanol–water partition coefficient (Wildman–Crippen LogP) is 5.69. The molecule has 1 saturated carbocycles. The van der Waals surface area contributed by atoms with Gasteiger partial charge in [-0.05, 0) is 43.4 Å². The Kier molecular flexibility index (Phi) is 8.03. The Hall–Kier alpha value is -3.22. The van der Waals surface area contributed by atoms with Crippen LogP contribution >= 0.6 is 0 Å². The SMILES string of the molecule is Cc1ccc(NC(=O)N2CCC(CC(F)(F)F)C2)cc1-c1cc(N2CCOCC2)nc(N[C@@H]2CCC(F)(F)C2)n1. The van der Waals surface area contributed by atoms with Crippen LogP contribution in [0.15, 0.2) is 24.3 Å². The third-order valence-corrected chi connectivity index (χ3v) is 7.64. The number of rotatable bonds is 6. The van der Waals surface area contributed by atoms with Crippen LogP contribution in [0, 0.1) is 12.8 Å². The summed E-state index contributed by atoms with van der Waals surface area (Å²) in [5, 5.41) is 5.89. The van der Waals surface area contributed by atoms with Crippen LogP contribution in [0.2, 0.25) is 0 Å². The second-order valence-corrected chi connectivity index (χ2v) is 10.9. The molecule has 0 bridgehead atoms. The van der Waals surface area contributed by atoms with Gasteiger partial charge in [0.1, 0.15) is 5.82 Å². The monoisotopic (exact) mass is 568 g/mol. The molecule has 1 aromatic heterocycles. The van der Waals surface area contributed by atoms with Crippen LogP contribution in [-0.4, -0.2) is 78.4 Å². The van der Waals surface area contributed by atoms with Gasteiger partial charge in [-0.3, -0.25) is 0 Å². The second-order valence-electron chi connectivity index (χ2n) is 10.9. The Morgan fingerprint density at radius 1 is 1.12 bits per heavy atom. The Bertz CT molecular complexity index is 1220. The summed E-state index contributed by atoms with van der Waals surface area (Å²) in [5.74, 6) is -2.43. The minimum atomic E-state index is -4.26. The number of morpholine rings is 1. The third kappa shape index (κ3) is 7.10. The highest BCUT2D eigenvalue weighted by atomic mass is 19.4. The van der Waals surface area contributed by atoms with Crippen LogP contribution in [0.25, 0.3) is 11.3 Å². The van der Waals surface area contributed by atoms with Crippen molar-refractivity contribution in [1.29, 1.82) is 0 Å². The van der Waals surface area contributed by atoms with Gasteiger partial charge in [0.2, 0.25) is 11.9 Å². The summed E-state index contributed by atoms with van der Waals surface area (Å²) in [7, 11) is 0. The molecule has 13 heteroatoms. The lowest BCUT2D eigenvalue weighted by molar-refractivity contribution is -0.143. The number of aryl methyl sites for hydroxylation is 1. The van der Waals surface area contributed by atoms with Crippen LogP contribution in [0.1, 0.15) is 37.7 Å². The van der Waals surface area contributed by atoms with Crippen molar-refractivity contribution < 1.29 is 31.5 Å². The fraction of sp³-hybridized carbons (Fsp3) is 0.593. The second kappa shape index (κ2) is 11.3. The largest absolute Gasteiger partial charge is 0.389 e. The van der Waals surface area contributed by atoms with E-state index in [4.69, 9.17) is 4.74 Å². The Morgan fingerprint density at radius 3 is 2.60 bits per heavy atom. The highest BCUT2D eigenvalue weighted by molar-refractivity contribution is 5.90. The first kappa shape index (κ1) is 28.3. The lowest BCUT2D eigenvalue weighted by atomic mass is 10.0. The van der Waals surface area contributed by atoms with Gasteiger partial charge in [0.15, 0.2) is 0 Å². The van der Waals surface area contributed by atoms with E-state index in [0.717, 1.165) is 5.56 Å². The zero-order valence-electron chi connectivity index (χ0n) is 22.2. The number of ether oxygens (including phenoxy) is 1. The van der Waals surface area contributed by atoms with E-state index in [2.05, 4.69) is 25.5 Å². The Balaban J connectivity index is 1.37. The molecule has 8 nitrogen and oxygen atoms in total. The number of nitrogens with one attached hydrogen (secondary N) is 2. The normalized spacial score (nSPS) is 22.9. The summed E-state index contributed by atoms with van der Waals surface area (Å²) >= 11 is 0. The van der Waals surface area contributed by atoms with Gasteiger partial charge in [-0.25, -0.2) is 18.6 Å². The lowest BCUT2D eigenvalue weighted by Gasteiger charge is -2.28. The van der Waals surface area contributed by atoms with E-state index in [-0.39, 0.29) is 31.9 Å². The molecule has 3 aliphatic rings. The van der Waals surface area contributed by atoms with Crippen molar-refractivity contribution in [1.82, 2.24) is 14.9 Å². The molecule has 2 atom stereocenters. The van der Waals surface area contributed by atoms with Crippen LogP contribution in [0.5, 0.6) is 0 Å². The predicted molar refractivity (Wildman–Crippen MR) is 141 cm³/mol. The van der Waals surface area contributed by atoms with Crippen molar-refractivity contribution in [3.63, 3.8) is 0 Å². The van der Waals surface area contributed by atoms with Crippen molar-refractivity contribution in [3.8, 4) is 11.3 Å². The Morgan fingerprint density at radius 2 is 1.90 bits per heavy atom. The molecule has 0 radical (unpaired) electrons. The number of anilines is 3. The van der Waals surface area contributed by atoms with Crippen molar-refractivity contribution in [2.45, 2.75) is 57.2 Å². The van der Waals surface area contributed by atoms with Gasteiger partial charge < -0.3 is 25.2 Å². The molecule has 3 fully saturated rings. The maximum atomic E-state index is 13.8. The number of carbonyl (C=O) groups excluding carboxylic acids is 1. The molecule has 2 aromatic rings. The summed E-state index contributed by atoms with van der Waals surface area (Å²) in [6.07, 6.45) is -5.01. The minimum Gasteiger partial charge on any atom is -0.378 e. The molecule has 2 amide bonds. The molecule has 3 heterocycles. The maximum absolute atomic E-state index is 13.8. The molecule has 2 saturated heterocycles. The summed E-state index contributed by atoms with van der Waals surface area (Å²) < 4.78 is 71.4. The van der Waals surface area contributed by atoms with Crippen LogP contribution in [0.3, 0.4) is 0 Å². The van der Waals surface area contributed by atoms with Gasteiger partial charge in [0.05, 0.1) is 18.9 Å². The fourth-order valence-electron chi connectivity index (χ4n) is 5.54. The number of likely N-dealkylation sites (tertiary alicyclic amines) is 1. The molecule has 0 spiro atoms. The number of benzene rings is 1. The molecule has 2 N–H and O–H groups in total. The van der Waals surface area contributed by atoms with Crippen LogP contribution in [-0.2, 0) is 4.74 Å². The molecule has 1 aromatic carbocycles. The molecule has 40 heavy (non-hydrogen) atoms. The number of amides is 2. The van der Waals surface area contributed by atoms with E-state index < -0.39 is 36.5 Å². The van der Waals surface area contributed by atoms with Crippen molar-refractivity contribution >= 4 is 23.5 Å². The standard InChI is InChI=1S/C27H33F5N6O2/c1-17-2-3-19(34-25(39)38-7-5-18(16-38)14-27(30,31)32)12-21(17)22-13-23(37-8-10-40-11-9-37)36-24(35-22)33-20-4-6-26(28,29)15-20/h2-3,12-13,18,20H,4-11,14-16H2,1H3,(H,34,39)(H,33,35,36)/t18?,20-/m1/s1. The number of hydrogen-bond acceptors (Lipinski definition) is 6.